The molecule has 30 heavy (non-hydrogen) atoms. The number of nitrogens with one attached hydrogen (secondary N) is 2. The summed E-state index contributed by atoms with van der Waals surface area (Å²) in [6.07, 6.45) is 6.11. The van der Waals surface area contributed by atoms with Gasteiger partial charge in [-0.25, -0.2) is 9.97 Å². The summed E-state index contributed by atoms with van der Waals surface area (Å²) in [4.78, 5) is 39.1. The number of imidazole rings is 1. The van der Waals surface area contributed by atoms with Crippen molar-refractivity contribution in [3.05, 3.63) is 64.5 Å². The number of amides is 1. The van der Waals surface area contributed by atoms with Crippen molar-refractivity contribution in [1.82, 2.24) is 24.8 Å². The zero-order valence-corrected chi connectivity index (χ0v) is 16.8. The quantitative estimate of drug-likeness (QED) is 0.694. The lowest BCUT2D eigenvalue weighted by atomic mass is 9.83. The average molecular weight is 404 g/mol. The number of nitrogens with zero attached hydrogens (tertiary/aromatic N) is 4. The number of carbonyl (C=O) groups is 1. The number of fused-ring (bicyclic) bond motifs is 4. The molecule has 2 bridgehead atoms. The topological polar surface area (TPSA) is 95.9 Å². The Hall–Kier alpha value is -3.42. The number of aromatic nitrogens is 4. The maximum atomic E-state index is 13.1. The third kappa shape index (κ3) is 3.18. The molecular formula is C22H24N6O2. The third-order valence-corrected chi connectivity index (χ3v) is 6.03. The molecule has 3 aromatic rings. The highest BCUT2D eigenvalue weighted by Gasteiger charge is 2.35. The van der Waals surface area contributed by atoms with Crippen molar-refractivity contribution in [2.75, 3.05) is 24.5 Å². The van der Waals surface area contributed by atoms with Gasteiger partial charge in [0.1, 0.15) is 11.6 Å². The van der Waals surface area contributed by atoms with Gasteiger partial charge in [0.25, 0.3) is 11.5 Å². The molecule has 0 radical (unpaired) electrons. The number of hydrogen-bond acceptors (Lipinski definition) is 5. The lowest BCUT2D eigenvalue weighted by molar-refractivity contribution is 0.0955. The van der Waals surface area contributed by atoms with Gasteiger partial charge in [0.05, 0.1) is 11.1 Å². The predicted molar refractivity (Wildman–Crippen MR) is 114 cm³/mol. The first kappa shape index (κ1) is 18.6. The third-order valence-electron chi connectivity index (χ3n) is 6.03. The Morgan fingerprint density at radius 3 is 2.83 bits per heavy atom. The molecule has 2 atom stereocenters. The molecule has 0 unspecified atom stereocenters. The minimum absolute atomic E-state index is 0.0232. The number of anilines is 1. The van der Waals surface area contributed by atoms with Crippen LogP contribution >= 0.6 is 0 Å². The van der Waals surface area contributed by atoms with Crippen molar-refractivity contribution >= 4 is 11.7 Å². The van der Waals surface area contributed by atoms with Crippen LogP contribution in [0.4, 0.5) is 5.82 Å². The van der Waals surface area contributed by atoms with Gasteiger partial charge in [-0.3, -0.25) is 9.59 Å². The Morgan fingerprint density at radius 1 is 1.20 bits per heavy atom. The first-order valence-electron chi connectivity index (χ1n) is 10.4. The van der Waals surface area contributed by atoms with E-state index in [9.17, 15) is 9.59 Å². The van der Waals surface area contributed by atoms with Crippen molar-refractivity contribution in [3.63, 3.8) is 0 Å². The molecule has 1 fully saturated rings. The second-order valence-electron chi connectivity index (χ2n) is 7.99. The van der Waals surface area contributed by atoms with Crippen LogP contribution in [0.1, 0.15) is 35.3 Å². The smallest absolute Gasteiger partial charge is 0.261 e. The first-order chi connectivity index (χ1) is 14.6. The zero-order chi connectivity index (χ0) is 20.7. The number of aromatic amines is 1. The molecule has 154 valence electrons. The van der Waals surface area contributed by atoms with E-state index in [0.717, 1.165) is 31.0 Å². The van der Waals surface area contributed by atoms with Crippen molar-refractivity contribution < 1.29 is 4.79 Å². The molecule has 0 spiro atoms. The van der Waals surface area contributed by atoms with Crippen LogP contribution in [0.2, 0.25) is 0 Å². The number of carbonyl (C=O) groups excluding carboxylic acids is 1. The lowest BCUT2D eigenvalue weighted by Gasteiger charge is -2.43. The Bertz CT molecular complexity index is 1120. The second-order valence-corrected chi connectivity index (χ2v) is 7.99. The first-order valence-corrected chi connectivity index (χ1v) is 10.4. The fourth-order valence-electron chi connectivity index (χ4n) is 4.70. The van der Waals surface area contributed by atoms with E-state index in [1.165, 1.54) is 0 Å². The van der Waals surface area contributed by atoms with Crippen molar-refractivity contribution in [2.24, 2.45) is 5.92 Å². The summed E-state index contributed by atoms with van der Waals surface area (Å²) in [5.41, 5.74) is 2.29. The number of hydrogen-bond donors (Lipinski definition) is 2. The van der Waals surface area contributed by atoms with Gasteiger partial charge in [0, 0.05) is 56.4 Å². The summed E-state index contributed by atoms with van der Waals surface area (Å²) >= 11 is 0. The molecule has 3 aromatic heterocycles. The highest BCUT2D eigenvalue weighted by Crippen LogP contribution is 2.37. The molecule has 5 rings (SSSR count). The van der Waals surface area contributed by atoms with Gasteiger partial charge in [0.15, 0.2) is 0 Å². The van der Waals surface area contributed by atoms with E-state index >= 15 is 0 Å². The van der Waals surface area contributed by atoms with E-state index in [4.69, 9.17) is 0 Å². The van der Waals surface area contributed by atoms with E-state index in [1.54, 1.807) is 18.6 Å². The molecule has 2 N–H and O–H groups in total. The normalized spacial score (nSPS) is 20.0. The van der Waals surface area contributed by atoms with Crippen LogP contribution in [-0.2, 0) is 6.54 Å². The molecular weight excluding hydrogens is 380 g/mol. The van der Waals surface area contributed by atoms with E-state index in [1.807, 2.05) is 29.7 Å². The fourth-order valence-corrected chi connectivity index (χ4v) is 4.70. The van der Waals surface area contributed by atoms with Crippen molar-refractivity contribution in [2.45, 2.75) is 25.8 Å². The van der Waals surface area contributed by atoms with Gasteiger partial charge in [-0.1, -0.05) is 0 Å². The summed E-state index contributed by atoms with van der Waals surface area (Å²) < 4.78 is 1.93. The van der Waals surface area contributed by atoms with Crippen LogP contribution in [0.5, 0.6) is 0 Å². The number of piperidine rings is 1. The highest BCUT2D eigenvalue weighted by molar-refractivity contribution is 5.94. The largest absolute Gasteiger partial charge is 0.356 e. The Kier molecular flexibility index (Phi) is 4.61. The Morgan fingerprint density at radius 2 is 2.10 bits per heavy atom. The molecule has 1 amide bonds. The lowest BCUT2D eigenvalue weighted by Crippen LogP contribution is -2.47. The average Bonchev–Trinajstić information content (AvgIpc) is 3.29. The summed E-state index contributed by atoms with van der Waals surface area (Å²) in [6, 6.07) is 7.69. The molecule has 5 heterocycles. The summed E-state index contributed by atoms with van der Waals surface area (Å²) in [6.45, 7) is 4.85. The van der Waals surface area contributed by atoms with Gasteiger partial charge < -0.3 is 19.8 Å². The van der Waals surface area contributed by atoms with E-state index in [-0.39, 0.29) is 17.4 Å². The van der Waals surface area contributed by atoms with Crippen LogP contribution in [0.3, 0.4) is 0 Å². The van der Waals surface area contributed by atoms with Gasteiger partial charge in [-0.05, 0) is 43.5 Å². The monoisotopic (exact) mass is 404 g/mol. The van der Waals surface area contributed by atoms with Gasteiger partial charge >= 0.3 is 0 Å². The fraction of sp³-hybridized carbons (Fsp3) is 0.364. The highest BCUT2D eigenvalue weighted by atomic mass is 16.1. The standard InChI is InChI=1S/C22H24N6O2/c1-2-23-21(29)15-3-6-19(26-10-15)27-11-14-9-16(13-27)18-5-4-17(20-24-7-8-25-20)22(30)28(18)12-14/h3-8,10,14,16H,2,9,11-13H2,1H3,(H,23,29)(H,24,25)/t14-,16+/m0/s1. The predicted octanol–water partition coefficient (Wildman–Crippen LogP) is 2.01. The van der Waals surface area contributed by atoms with Crippen LogP contribution in [-0.4, -0.2) is 45.1 Å². The number of H-pyrrole nitrogens is 1. The van der Waals surface area contributed by atoms with Crippen LogP contribution in [0.15, 0.2) is 47.7 Å². The van der Waals surface area contributed by atoms with Gasteiger partial charge in [-0.15, -0.1) is 0 Å². The van der Waals surface area contributed by atoms with Crippen LogP contribution in [0, 0.1) is 5.92 Å². The van der Waals surface area contributed by atoms with E-state index < -0.39 is 0 Å². The van der Waals surface area contributed by atoms with E-state index in [0.29, 0.717) is 36.0 Å². The van der Waals surface area contributed by atoms with Crippen molar-refractivity contribution in [3.8, 4) is 11.4 Å². The minimum atomic E-state index is -0.104. The van der Waals surface area contributed by atoms with Gasteiger partial charge in [-0.2, -0.15) is 0 Å². The zero-order valence-electron chi connectivity index (χ0n) is 16.8. The van der Waals surface area contributed by atoms with Crippen molar-refractivity contribution in [1.29, 1.82) is 0 Å². The van der Waals surface area contributed by atoms with Crippen LogP contribution in [0.25, 0.3) is 11.4 Å². The molecule has 0 aliphatic carbocycles. The summed E-state index contributed by atoms with van der Waals surface area (Å²) in [5.74, 6) is 2.05. The molecule has 0 aromatic carbocycles. The summed E-state index contributed by atoms with van der Waals surface area (Å²) in [5, 5.41) is 2.79. The van der Waals surface area contributed by atoms with E-state index in [2.05, 4.69) is 31.2 Å². The molecule has 0 saturated carbocycles. The second kappa shape index (κ2) is 7.44. The minimum Gasteiger partial charge on any atom is -0.356 e. The number of rotatable bonds is 4. The van der Waals surface area contributed by atoms with Crippen LogP contribution < -0.4 is 15.8 Å². The maximum Gasteiger partial charge on any atom is 0.261 e. The van der Waals surface area contributed by atoms with Gasteiger partial charge in [0.2, 0.25) is 0 Å². The SMILES string of the molecule is CCNC(=O)c1ccc(N2C[C@@H]3C[C@H](C2)c2ccc(-c4ncc[nH]4)c(=O)n2C3)nc1. The number of pyridine rings is 2. The molecule has 2 aliphatic heterocycles. The molecule has 8 nitrogen and oxygen atoms in total. The maximum absolute atomic E-state index is 13.1. The molecule has 1 saturated heterocycles. The molecule has 8 heteroatoms. The summed E-state index contributed by atoms with van der Waals surface area (Å²) in [7, 11) is 0. The molecule has 2 aliphatic rings. The Labute approximate surface area is 174 Å². The Balaban J connectivity index is 1.40.